The van der Waals surface area contributed by atoms with Gasteiger partial charge in [0.2, 0.25) is 6.79 Å². The van der Waals surface area contributed by atoms with Gasteiger partial charge in [-0.1, -0.05) is 35.9 Å². The first-order valence-corrected chi connectivity index (χ1v) is 13.4. The van der Waals surface area contributed by atoms with Crippen molar-refractivity contribution in [1.29, 1.82) is 0 Å². The summed E-state index contributed by atoms with van der Waals surface area (Å²) in [5.41, 5.74) is 1.05. The van der Waals surface area contributed by atoms with E-state index in [4.69, 9.17) is 30.0 Å². The van der Waals surface area contributed by atoms with Crippen LogP contribution < -0.4 is 18.4 Å². The fourth-order valence-electron chi connectivity index (χ4n) is 3.63. The summed E-state index contributed by atoms with van der Waals surface area (Å²) in [5, 5.41) is -0.107. The number of thioether (sulfide) groups is 1. The van der Waals surface area contributed by atoms with E-state index in [0.29, 0.717) is 27.6 Å². The maximum atomic E-state index is 13.0. The molecule has 0 radical (unpaired) electrons. The molecule has 2 heterocycles. The molecular weight excluding hydrogens is 542 g/mol. The summed E-state index contributed by atoms with van der Waals surface area (Å²) >= 11 is 7.09. The molecule has 0 spiro atoms. The molecular formula is C25H18ClNO8S2. The van der Waals surface area contributed by atoms with E-state index in [9.17, 15) is 18.0 Å². The number of rotatable bonds is 7. The first kappa shape index (κ1) is 25.0. The molecule has 5 rings (SSSR count). The first-order chi connectivity index (χ1) is 17.7. The average molecular weight is 560 g/mol. The van der Waals surface area contributed by atoms with Crippen LogP contribution in [-0.4, -0.2) is 38.4 Å². The fourth-order valence-corrected chi connectivity index (χ4v) is 5.65. The Kier molecular flexibility index (Phi) is 6.76. The van der Waals surface area contributed by atoms with Crippen molar-refractivity contribution >= 4 is 50.7 Å². The lowest BCUT2D eigenvalue weighted by atomic mass is 10.1. The maximum Gasteiger partial charge on any atom is 0.339 e. The van der Waals surface area contributed by atoms with Gasteiger partial charge in [0.05, 0.1) is 18.6 Å². The molecule has 0 aromatic heterocycles. The van der Waals surface area contributed by atoms with Gasteiger partial charge in [0, 0.05) is 11.1 Å². The Bertz CT molecular complexity index is 1540. The zero-order chi connectivity index (χ0) is 26.2. The Morgan fingerprint density at radius 3 is 2.49 bits per heavy atom. The van der Waals surface area contributed by atoms with E-state index >= 15 is 0 Å². The second-order valence-corrected chi connectivity index (χ2v) is 10.8. The quantitative estimate of drug-likeness (QED) is 0.289. The highest BCUT2D eigenvalue weighted by Crippen LogP contribution is 2.40. The number of amides is 2. The van der Waals surface area contributed by atoms with Crippen LogP contribution in [0.5, 0.6) is 23.0 Å². The van der Waals surface area contributed by atoms with Crippen molar-refractivity contribution in [3.8, 4) is 23.0 Å². The number of ether oxygens (including phenoxy) is 3. The molecule has 3 aromatic rings. The van der Waals surface area contributed by atoms with E-state index in [1.54, 1.807) is 36.4 Å². The molecule has 2 aliphatic heterocycles. The summed E-state index contributed by atoms with van der Waals surface area (Å²) in [6, 6.07) is 15.4. The normalized spacial score (nSPS) is 15.9. The number of carbonyl (C=O) groups is 2. The van der Waals surface area contributed by atoms with Crippen molar-refractivity contribution in [2.75, 3.05) is 13.9 Å². The van der Waals surface area contributed by atoms with E-state index in [0.717, 1.165) is 16.7 Å². The predicted molar refractivity (Wildman–Crippen MR) is 136 cm³/mol. The summed E-state index contributed by atoms with van der Waals surface area (Å²) in [4.78, 5) is 26.9. The number of imide groups is 1. The topological polar surface area (TPSA) is 108 Å². The molecule has 1 saturated heterocycles. The van der Waals surface area contributed by atoms with Gasteiger partial charge in [-0.3, -0.25) is 14.5 Å². The molecule has 0 aliphatic carbocycles. The minimum absolute atomic E-state index is 0.00244. The van der Waals surface area contributed by atoms with Crippen LogP contribution in [0.3, 0.4) is 0 Å². The van der Waals surface area contributed by atoms with Crippen LogP contribution in [0.25, 0.3) is 6.08 Å². The van der Waals surface area contributed by atoms with E-state index in [2.05, 4.69) is 0 Å². The highest BCUT2D eigenvalue weighted by atomic mass is 35.5. The summed E-state index contributed by atoms with van der Waals surface area (Å²) in [5.74, 6) is 0.620. The number of hydrogen-bond acceptors (Lipinski definition) is 9. The Morgan fingerprint density at radius 1 is 1.03 bits per heavy atom. The van der Waals surface area contributed by atoms with Gasteiger partial charge in [-0.25, -0.2) is 0 Å². The smallest absolute Gasteiger partial charge is 0.339 e. The zero-order valence-corrected chi connectivity index (χ0v) is 21.6. The monoisotopic (exact) mass is 559 g/mol. The Labute approximate surface area is 221 Å². The molecule has 0 atom stereocenters. The van der Waals surface area contributed by atoms with Crippen LogP contribution in [-0.2, 0) is 21.5 Å². The Balaban J connectivity index is 1.36. The minimum Gasteiger partial charge on any atom is -0.493 e. The lowest BCUT2D eigenvalue weighted by molar-refractivity contribution is -0.123. The molecule has 2 amide bonds. The predicted octanol–water partition coefficient (Wildman–Crippen LogP) is 5.08. The zero-order valence-electron chi connectivity index (χ0n) is 19.2. The van der Waals surface area contributed by atoms with Gasteiger partial charge in [0.1, 0.15) is 4.90 Å². The molecule has 0 saturated carbocycles. The summed E-state index contributed by atoms with van der Waals surface area (Å²) < 4.78 is 46.4. The fraction of sp³-hybridized carbons (Fsp3) is 0.120. The minimum atomic E-state index is -4.07. The molecule has 9 nitrogen and oxygen atoms in total. The SMILES string of the molecule is COc1cc(/C=C2\SC(=O)N(Cc3cc4c(cc3Cl)OCO4)C2=O)ccc1OS(=O)(=O)c1ccccc1. The molecule has 2 aliphatic rings. The first-order valence-electron chi connectivity index (χ1n) is 10.8. The largest absolute Gasteiger partial charge is 0.493 e. The number of carbonyl (C=O) groups excluding carboxylic acids is 2. The van der Waals surface area contributed by atoms with Gasteiger partial charge < -0.3 is 18.4 Å². The summed E-state index contributed by atoms with van der Waals surface area (Å²) in [7, 11) is -2.71. The number of halogens is 1. The van der Waals surface area contributed by atoms with Crippen LogP contribution in [0.4, 0.5) is 4.79 Å². The average Bonchev–Trinajstić information content (AvgIpc) is 3.44. The molecule has 12 heteroatoms. The van der Waals surface area contributed by atoms with E-state index in [-0.39, 0.29) is 34.6 Å². The lowest BCUT2D eigenvalue weighted by Gasteiger charge is -2.14. The standard InChI is InChI=1S/C25H18ClNO8S2/c1-32-20-9-15(7-8-19(20)35-37(30,31)17-5-3-2-4-6-17)10-23-24(28)27(25(29)36-23)13-16-11-21-22(12-18(16)26)34-14-33-21/h2-12H,13-14H2,1H3/b23-10-. The number of fused-ring (bicyclic) bond motifs is 1. The van der Waals surface area contributed by atoms with Crippen LogP contribution in [0.2, 0.25) is 5.02 Å². The lowest BCUT2D eigenvalue weighted by Crippen LogP contribution is -2.27. The van der Waals surface area contributed by atoms with Crippen molar-refractivity contribution < 1.29 is 36.4 Å². The van der Waals surface area contributed by atoms with E-state index in [1.807, 2.05) is 0 Å². The van der Waals surface area contributed by atoms with Gasteiger partial charge in [-0.15, -0.1) is 0 Å². The van der Waals surface area contributed by atoms with Gasteiger partial charge in [0.15, 0.2) is 23.0 Å². The van der Waals surface area contributed by atoms with Crippen molar-refractivity contribution in [2.45, 2.75) is 11.4 Å². The van der Waals surface area contributed by atoms with Crippen molar-refractivity contribution in [1.82, 2.24) is 4.90 Å². The third kappa shape index (κ3) is 5.10. The van der Waals surface area contributed by atoms with Crippen molar-refractivity contribution in [2.24, 2.45) is 0 Å². The Morgan fingerprint density at radius 2 is 1.76 bits per heavy atom. The summed E-state index contributed by atoms with van der Waals surface area (Å²) in [6.45, 7) is 0.0375. The molecule has 3 aromatic carbocycles. The molecule has 37 heavy (non-hydrogen) atoms. The highest BCUT2D eigenvalue weighted by Gasteiger charge is 2.36. The summed E-state index contributed by atoms with van der Waals surface area (Å²) in [6.07, 6.45) is 1.52. The third-order valence-electron chi connectivity index (χ3n) is 5.46. The van der Waals surface area contributed by atoms with Gasteiger partial charge in [-0.2, -0.15) is 8.42 Å². The van der Waals surface area contributed by atoms with Crippen LogP contribution in [0.1, 0.15) is 11.1 Å². The molecule has 0 N–H and O–H groups in total. The van der Waals surface area contributed by atoms with Gasteiger partial charge in [0.25, 0.3) is 11.1 Å². The van der Waals surface area contributed by atoms with Crippen molar-refractivity contribution in [3.05, 3.63) is 81.7 Å². The molecule has 0 unspecified atom stereocenters. The van der Waals surface area contributed by atoms with Crippen LogP contribution in [0.15, 0.2) is 70.5 Å². The molecule has 190 valence electrons. The molecule has 1 fully saturated rings. The van der Waals surface area contributed by atoms with E-state index < -0.39 is 21.3 Å². The number of methoxy groups -OCH3 is 1. The second kappa shape index (κ2) is 10.0. The van der Waals surface area contributed by atoms with Crippen molar-refractivity contribution in [3.63, 3.8) is 0 Å². The second-order valence-electron chi connectivity index (χ2n) is 7.83. The van der Waals surface area contributed by atoms with E-state index in [1.165, 1.54) is 37.5 Å². The third-order valence-corrected chi connectivity index (χ3v) is 7.97. The number of benzene rings is 3. The van der Waals surface area contributed by atoms with Gasteiger partial charge in [-0.05, 0) is 59.3 Å². The van der Waals surface area contributed by atoms with Crippen LogP contribution >= 0.6 is 23.4 Å². The van der Waals surface area contributed by atoms with Gasteiger partial charge >= 0.3 is 10.1 Å². The highest BCUT2D eigenvalue weighted by molar-refractivity contribution is 8.18. The number of hydrogen-bond donors (Lipinski definition) is 0. The Hall–Kier alpha value is -3.67. The molecule has 0 bridgehead atoms. The van der Waals surface area contributed by atoms with Crippen LogP contribution in [0, 0.1) is 0 Å². The maximum absolute atomic E-state index is 13.0. The number of nitrogens with zero attached hydrogens (tertiary/aromatic N) is 1.